The molecule has 1 saturated heterocycles. The van der Waals surface area contributed by atoms with Gasteiger partial charge in [-0.05, 0) is 27.7 Å². The van der Waals surface area contributed by atoms with Gasteiger partial charge in [-0.1, -0.05) is 12.3 Å². The molecule has 1 rings (SSSR count). The molecule has 0 aromatic rings. The summed E-state index contributed by atoms with van der Waals surface area (Å²) in [6.45, 7) is 12.3. The second-order valence-corrected chi connectivity index (χ2v) is 5.38. The van der Waals surface area contributed by atoms with Crippen molar-refractivity contribution in [3.63, 3.8) is 0 Å². The van der Waals surface area contributed by atoms with Crippen molar-refractivity contribution in [3.05, 3.63) is 18.6 Å². The Morgan fingerprint density at radius 3 is 2.21 bits per heavy atom. The lowest BCUT2D eigenvalue weighted by Crippen LogP contribution is -2.59. The second-order valence-electron chi connectivity index (χ2n) is 5.38. The van der Waals surface area contributed by atoms with Gasteiger partial charge in [0.15, 0.2) is 0 Å². The van der Waals surface area contributed by atoms with E-state index in [2.05, 4.69) is 45.3 Å². The fourth-order valence-corrected chi connectivity index (χ4v) is 2.47. The Balaban J connectivity index is 2.66. The third-order valence-corrected chi connectivity index (χ3v) is 2.50. The van der Waals surface area contributed by atoms with E-state index in [1.165, 1.54) is 0 Å². The quantitative estimate of drug-likeness (QED) is 0.540. The third-order valence-electron chi connectivity index (χ3n) is 2.50. The number of hydrogen-bond donors (Lipinski definition) is 1. The standard InChI is InChI=1S/C12H21NO/c1-6-7-14-10-8-11(2,3)13-12(4,5)9-10/h7,10,13H,1,8-9H2,2-5H3. The van der Waals surface area contributed by atoms with E-state index in [1.807, 2.05) is 0 Å². The highest BCUT2D eigenvalue weighted by Crippen LogP contribution is 2.30. The Labute approximate surface area is 87.0 Å². The molecule has 0 bridgehead atoms. The Kier molecular flexibility index (Phi) is 3.08. The first kappa shape index (κ1) is 11.4. The first-order valence-corrected chi connectivity index (χ1v) is 5.14. The van der Waals surface area contributed by atoms with Crippen molar-refractivity contribution in [3.8, 4) is 0 Å². The van der Waals surface area contributed by atoms with Crippen molar-refractivity contribution in [1.82, 2.24) is 5.32 Å². The molecule has 0 atom stereocenters. The molecule has 0 aromatic heterocycles. The van der Waals surface area contributed by atoms with Crippen LogP contribution in [0, 0.1) is 0 Å². The van der Waals surface area contributed by atoms with Gasteiger partial charge in [0.05, 0.1) is 0 Å². The summed E-state index contributed by atoms with van der Waals surface area (Å²) in [6, 6.07) is 0. The highest BCUT2D eigenvalue weighted by molar-refractivity contribution is 4.98. The van der Waals surface area contributed by atoms with Crippen LogP contribution < -0.4 is 5.32 Å². The van der Waals surface area contributed by atoms with Gasteiger partial charge in [0, 0.05) is 23.9 Å². The van der Waals surface area contributed by atoms with Crippen LogP contribution in [-0.2, 0) is 4.74 Å². The molecule has 2 nitrogen and oxygen atoms in total. The van der Waals surface area contributed by atoms with Gasteiger partial charge in [-0.3, -0.25) is 0 Å². The fourth-order valence-electron chi connectivity index (χ4n) is 2.47. The lowest BCUT2D eigenvalue weighted by Gasteiger charge is -2.45. The molecule has 0 unspecified atom stereocenters. The smallest absolute Gasteiger partial charge is 0.125 e. The molecule has 80 valence electrons. The van der Waals surface area contributed by atoms with Crippen molar-refractivity contribution in [2.24, 2.45) is 0 Å². The maximum Gasteiger partial charge on any atom is 0.125 e. The molecule has 2 heteroatoms. The first-order valence-electron chi connectivity index (χ1n) is 5.14. The van der Waals surface area contributed by atoms with Crippen LogP contribution in [0.2, 0.25) is 0 Å². The van der Waals surface area contributed by atoms with E-state index in [0.29, 0.717) is 0 Å². The highest BCUT2D eigenvalue weighted by Gasteiger charge is 2.38. The zero-order valence-electron chi connectivity index (χ0n) is 9.68. The molecule has 1 aliphatic heterocycles. The van der Waals surface area contributed by atoms with Gasteiger partial charge in [-0.25, -0.2) is 0 Å². The third kappa shape index (κ3) is 3.21. The monoisotopic (exact) mass is 195 g/mol. The molecule has 0 saturated carbocycles. The number of ether oxygens (including phenoxy) is 1. The molecule has 0 spiro atoms. The van der Waals surface area contributed by atoms with E-state index in [0.717, 1.165) is 12.8 Å². The molecule has 1 fully saturated rings. The van der Waals surface area contributed by atoms with Gasteiger partial charge in [0.2, 0.25) is 0 Å². The maximum absolute atomic E-state index is 5.56. The normalized spacial score (nSPS) is 25.1. The van der Waals surface area contributed by atoms with Crippen LogP contribution in [0.5, 0.6) is 0 Å². The van der Waals surface area contributed by atoms with Crippen molar-refractivity contribution in [1.29, 1.82) is 0 Å². The average Bonchev–Trinajstić information content (AvgIpc) is 1.94. The molecule has 0 aliphatic carbocycles. The fraction of sp³-hybridized carbons (Fsp3) is 0.750. The summed E-state index contributed by atoms with van der Waals surface area (Å²) in [5.74, 6) is 0. The van der Waals surface area contributed by atoms with Crippen LogP contribution >= 0.6 is 0 Å². The molecular formula is C12H21NO. The SMILES string of the molecule is C=C=COC1CC(C)(C)NC(C)(C)C1. The van der Waals surface area contributed by atoms with Crippen LogP contribution in [0.4, 0.5) is 0 Å². The maximum atomic E-state index is 5.56. The van der Waals surface area contributed by atoms with Crippen molar-refractivity contribution in [2.45, 2.75) is 57.7 Å². The zero-order chi connectivity index (χ0) is 10.8. The lowest BCUT2D eigenvalue weighted by atomic mass is 9.81. The average molecular weight is 195 g/mol. The number of nitrogens with one attached hydrogen (secondary N) is 1. The Morgan fingerprint density at radius 2 is 1.79 bits per heavy atom. The van der Waals surface area contributed by atoms with Crippen molar-refractivity contribution in [2.75, 3.05) is 0 Å². The highest BCUT2D eigenvalue weighted by atomic mass is 16.5. The predicted molar refractivity (Wildman–Crippen MR) is 59.1 cm³/mol. The van der Waals surface area contributed by atoms with Gasteiger partial charge >= 0.3 is 0 Å². The summed E-state index contributed by atoms with van der Waals surface area (Å²) in [5, 5.41) is 3.61. The molecular weight excluding hydrogens is 174 g/mol. The summed E-state index contributed by atoms with van der Waals surface area (Å²) in [6.07, 6.45) is 3.89. The van der Waals surface area contributed by atoms with Crippen molar-refractivity contribution >= 4 is 0 Å². The number of hydrogen-bond acceptors (Lipinski definition) is 2. The topological polar surface area (TPSA) is 21.3 Å². The second kappa shape index (κ2) is 3.80. The van der Waals surface area contributed by atoms with Crippen LogP contribution in [-0.4, -0.2) is 17.2 Å². The van der Waals surface area contributed by atoms with Gasteiger partial charge in [0.1, 0.15) is 12.4 Å². The molecule has 0 aromatic carbocycles. The molecule has 14 heavy (non-hydrogen) atoms. The summed E-state index contributed by atoms with van der Waals surface area (Å²) in [4.78, 5) is 0. The van der Waals surface area contributed by atoms with Gasteiger partial charge in [-0.15, -0.1) is 0 Å². The van der Waals surface area contributed by atoms with Crippen LogP contribution in [0.15, 0.2) is 18.6 Å². The van der Waals surface area contributed by atoms with E-state index in [-0.39, 0.29) is 17.2 Å². The number of rotatable bonds is 2. The Bertz CT molecular complexity index is 233. The Morgan fingerprint density at radius 1 is 1.29 bits per heavy atom. The summed E-state index contributed by atoms with van der Waals surface area (Å²) in [5.41, 5.74) is 2.93. The predicted octanol–water partition coefficient (Wildman–Crippen LogP) is 2.61. The van der Waals surface area contributed by atoms with Gasteiger partial charge in [-0.2, -0.15) is 0 Å². The van der Waals surface area contributed by atoms with Crippen LogP contribution in [0.1, 0.15) is 40.5 Å². The molecule has 1 heterocycles. The minimum absolute atomic E-state index is 0.140. The molecule has 1 aliphatic rings. The first-order chi connectivity index (χ1) is 6.35. The molecule has 0 radical (unpaired) electrons. The minimum Gasteiger partial charge on any atom is -0.490 e. The van der Waals surface area contributed by atoms with E-state index in [1.54, 1.807) is 6.26 Å². The Hall–Kier alpha value is -0.720. The van der Waals surface area contributed by atoms with E-state index in [9.17, 15) is 0 Å². The van der Waals surface area contributed by atoms with Crippen LogP contribution in [0.25, 0.3) is 0 Å². The van der Waals surface area contributed by atoms with Crippen molar-refractivity contribution < 1.29 is 4.74 Å². The van der Waals surface area contributed by atoms with Crippen LogP contribution in [0.3, 0.4) is 0 Å². The summed E-state index contributed by atoms with van der Waals surface area (Å²) < 4.78 is 5.56. The summed E-state index contributed by atoms with van der Waals surface area (Å²) in [7, 11) is 0. The molecule has 1 N–H and O–H groups in total. The van der Waals surface area contributed by atoms with E-state index >= 15 is 0 Å². The summed E-state index contributed by atoms with van der Waals surface area (Å²) >= 11 is 0. The zero-order valence-corrected chi connectivity index (χ0v) is 9.68. The van der Waals surface area contributed by atoms with Gasteiger partial charge < -0.3 is 10.1 Å². The lowest BCUT2D eigenvalue weighted by molar-refractivity contribution is 0.0279. The van der Waals surface area contributed by atoms with Gasteiger partial charge in [0.25, 0.3) is 0 Å². The molecule has 0 amide bonds. The largest absolute Gasteiger partial charge is 0.490 e. The number of piperidine rings is 1. The van der Waals surface area contributed by atoms with E-state index < -0.39 is 0 Å². The van der Waals surface area contributed by atoms with E-state index in [4.69, 9.17) is 4.74 Å². The minimum atomic E-state index is 0.140.